The van der Waals surface area contributed by atoms with Gasteiger partial charge in [-0.05, 0) is 60.8 Å². The summed E-state index contributed by atoms with van der Waals surface area (Å²) in [6.07, 6.45) is 6.30. The van der Waals surface area contributed by atoms with Crippen LogP contribution >= 0.6 is 0 Å². The number of ether oxygens (including phenoxy) is 2. The molecule has 0 spiro atoms. The van der Waals surface area contributed by atoms with Crippen molar-refractivity contribution in [3.63, 3.8) is 0 Å². The number of methoxy groups -OCH3 is 1. The number of hydrogen-bond donors (Lipinski definition) is 1. The standard InChI is InChI=1S/C19H24O3/c1-3-13-5-9-17-16-7-4-12-10-14(21-2)6-8-15(12)18(16)22-11-19(13,17)20/h3,6,8,10,13,16-18,20H,1,4-5,7,9,11H2,2H3/t13-,16+,17+,18-,19-/m1/s1. The number of fused-ring (bicyclic) bond motifs is 5. The Bertz CT molecular complexity index is 596. The third kappa shape index (κ3) is 1.88. The molecule has 0 amide bonds. The zero-order valence-electron chi connectivity index (χ0n) is 13.1. The highest BCUT2D eigenvalue weighted by molar-refractivity contribution is 5.39. The molecule has 3 heteroatoms. The fraction of sp³-hybridized carbons (Fsp3) is 0.579. The van der Waals surface area contributed by atoms with Gasteiger partial charge < -0.3 is 14.6 Å². The number of aliphatic hydroxyl groups is 1. The van der Waals surface area contributed by atoms with Crippen LogP contribution in [0.15, 0.2) is 30.9 Å². The summed E-state index contributed by atoms with van der Waals surface area (Å²) in [4.78, 5) is 0. The first-order valence-electron chi connectivity index (χ1n) is 8.30. The van der Waals surface area contributed by atoms with E-state index < -0.39 is 5.60 Å². The molecule has 118 valence electrons. The molecule has 0 bridgehead atoms. The highest BCUT2D eigenvalue weighted by Gasteiger charge is 2.56. The number of rotatable bonds is 2. The van der Waals surface area contributed by atoms with E-state index >= 15 is 0 Å². The minimum Gasteiger partial charge on any atom is -0.497 e. The van der Waals surface area contributed by atoms with Crippen molar-refractivity contribution in [1.82, 2.24) is 0 Å². The van der Waals surface area contributed by atoms with Gasteiger partial charge in [0.25, 0.3) is 0 Å². The highest BCUT2D eigenvalue weighted by Crippen LogP contribution is 2.56. The number of benzene rings is 1. The summed E-state index contributed by atoms with van der Waals surface area (Å²) in [6.45, 7) is 4.34. The van der Waals surface area contributed by atoms with Crippen molar-refractivity contribution in [2.75, 3.05) is 13.7 Å². The topological polar surface area (TPSA) is 38.7 Å². The second kappa shape index (κ2) is 5.10. The van der Waals surface area contributed by atoms with Gasteiger partial charge in [0.2, 0.25) is 0 Å². The minimum absolute atomic E-state index is 0.128. The molecule has 4 rings (SSSR count). The Hall–Kier alpha value is -1.32. The van der Waals surface area contributed by atoms with Crippen LogP contribution in [0.25, 0.3) is 0 Å². The fourth-order valence-corrected chi connectivity index (χ4v) is 5.01. The van der Waals surface area contributed by atoms with Crippen molar-refractivity contribution >= 4 is 0 Å². The van der Waals surface area contributed by atoms with Crippen molar-refractivity contribution in [3.05, 3.63) is 42.0 Å². The van der Waals surface area contributed by atoms with Crippen LogP contribution in [0.4, 0.5) is 0 Å². The summed E-state index contributed by atoms with van der Waals surface area (Å²) in [5, 5.41) is 11.1. The van der Waals surface area contributed by atoms with Crippen molar-refractivity contribution in [3.8, 4) is 5.75 Å². The van der Waals surface area contributed by atoms with E-state index in [0.717, 1.165) is 31.4 Å². The minimum atomic E-state index is -0.701. The normalized spacial score (nSPS) is 39.5. The lowest BCUT2D eigenvalue weighted by Crippen LogP contribution is -2.53. The van der Waals surface area contributed by atoms with Gasteiger partial charge in [0.05, 0.1) is 25.4 Å². The molecular weight excluding hydrogens is 276 g/mol. The Morgan fingerprint density at radius 3 is 3.00 bits per heavy atom. The molecule has 0 aromatic heterocycles. The summed E-state index contributed by atoms with van der Waals surface area (Å²) in [6, 6.07) is 6.30. The first-order chi connectivity index (χ1) is 10.7. The first kappa shape index (κ1) is 14.3. The monoisotopic (exact) mass is 300 g/mol. The average molecular weight is 300 g/mol. The summed E-state index contributed by atoms with van der Waals surface area (Å²) in [5.41, 5.74) is 1.93. The molecule has 2 fully saturated rings. The first-order valence-corrected chi connectivity index (χ1v) is 8.30. The van der Waals surface area contributed by atoms with Gasteiger partial charge in [-0.25, -0.2) is 0 Å². The molecular formula is C19H24O3. The van der Waals surface area contributed by atoms with Crippen LogP contribution in [0.1, 0.15) is 36.5 Å². The highest BCUT2D eigenvalue weighted by atomic mass is 16.5. The molecule has 1 N–H and O–H groups in total. The molecule has 1 saturated carbocycles. The van der Waals surface area contributed by atoms with E-state index in [1.807, 2.05) is 12.1 Å². The second-order valence-electron chi connectivity index (χ2n) is 7.02. The molecule has 1 aliphatic heterocycles. The predicted molar refractivity (Wildman–Crippen MR) is 84.9 cm³/mol. The Balaban J connectivity index is 1.67. The van der Waals surface area contributed by atoms with Crippen LogP contribution in [0.2, 0.25) is 0 Å². The van der Waals surface area contributed by atoms with Gasteiger partial charge in [-0.2, -0.15) is 0 Å². The number of aryl methyl sites for hydroxylation is 1. The van der Waals surface area contributed by atoms with Crippen molar-refractivity contribution < 1.29 is 14.6 Å². The molecule has 3 aliphatic rings. The van der Waals surface area contributed by atoms with Crippen LogP contribution in [0.5, 0.6) is 5.75 Å². The maximum absolute atomic E-state index is 11.1. The fourth-order valence-electron chi connectivity index (χ4n) is 5.01. The van der Waals surface area contributed by atoms with Crippen molar-refractivity contribution in [1.29, 1.82) is 0 Å². The SMILES string of the molecule is C=C[C@@H]1CC[C@H]2[C@@H]3CCc4cc(OC)ccc4[C@H]3OC[C@@]12O. The summed E-state index contributed by atoms with van der Waals surface area (Å²) in [5.74, 6) is 1.85. The average Bonchev–Trinajstić information content (AvgIpc) is 2.90. The molecule has 1 aromatic carbocycles. The van der Waals surface area contributed by atoms with Gasteiger partial charge >= 0.3 is 0 Å². The van der Waals surface area contributed by atoms with Crippen LogP contribution in [-0.4, -0.2) is 24.4 Å². The van der Waals surface area contributed by atoms with Gasteiger partial charge in [-0.15, -0.1) is 6.58 Å². The molecule has 2 aliphatic carbocycles. The van der Waals surface area contributed by atoms with E-state index in [1.54, 1.807) is 7.11 Å². The molecule has 0 unspecified atom stereocenters. The summed E-state index contributed by atoms with van der Waals surface area (Å²) >= 11 is 0. The molecule has 1 aromatic rings. The van der Waals surface area contributed by atoms with E-state index in [9.17, 15) is 5.11 Å². The molecule has 3 nitrogen and oxygen atoms in total. The van der Waals surface area contributed by atoms with Gasteiger partial charge in [0.1, 0.15) is 5.75 Å². The van der Waals surface area contributed by atoms with Crippen molar-refractivity contribution in [2.24, 2.45) is 17.8 Å². The smallest absolute Gasteiger partial charge is 0.119 e. The Labute approximate surface area is 131 Å². The molecule has 0 radical (unpaired) electrons. The van der Waals surface area contributed by atoms with Crippen LogP contribution < -0.4 is 4.74 Å². The van der Waals surface area contributed by atoms with Gasteiger partial charge in [0.15, 0.2) is 0 Å². The van der Waals surface area contributed by atoms with Gasteiger partial charge in [-0.3, -0.25) is 0 Å². The maximum atomic E-state index is 11.1. The van der Waals surface area contributed by atoms with Crippen LogP contribution in [0, 0.1) is 17.8 Å². The molecule has 1 heterocycles. The third-order valence-electron chi connectivity index (χ3n) is 6.16. The lowest BCUT2D eigenvalue weighted by molar-refractivity contribution is -0.189. The summed E-state index contributed by atoms with van der Waals surface area (Å²) < 4.78 is 11.5. The third-order valence-corrected chi connectivity index (χ3v) is 6.16. The second-order valence-corrected chi connectivity index (χ2v) is 7.02. The van der Waals surface area contributed by atoms with Crippen LogP contribution in [0.3, 0.4) is 0 Å². The van der Waals surface area contributed by atoms with Gasteiger partial charge in [0, 0.05) is 5.92 Å². The Kier molecular flexibility index (Phi) is 3.31. The zero-order valence-corrected chi connectivity index (χ0v) is 13.1. The molecule has 5 atom stereocenters. The lowest BCUT2D eigenvalue weighted by Gasteiger charge is -2.49. The van der Waals surface area contributed by atoms with Crippen LogP contribution in [-0.2, 0) is 11.2 Å². The van der Waals surface area contributed by atoms with E-state index in [0.29, 0.717) is 18.4 Å². The van der Waals surface area contributed by atoms with E-state index in [1.165, 1.54) is 11.1 Å². The predicted octanol–water partition coefficient (Wildman–Crippen LogP) is 3.27. The van der Waals surface area contributed by atoms with E-state index in [4.69, 9.17) is 9.47 Å². The lowest BCUT2D eigenvalue weighted by atomic mass is 9.67. The van der Waals surface area contributed by atoms with Gasteiger partial charge in [-0.1, -0.05) is 12.1 Å². The maximum Gasteiger partial charge on any atom is 0.119 e. The number of hydrogen-bond acceptors (Lipinski definition) is 3. The Morgan fingerprint density at radius 2 is 2.23 bits per heavy atom. The quantitative estimate of drug-likeness (QED) is 0.852. The molecule has 22 heavy (non-hydrogen) atoms. The summed E-state index contributed by atoms with van der Waals surface area (Å²) in [7, 11) is 1.71. The van der Waals surface area contributed by atoms with Crippen molar-refractivity contribution in [2.45, 2.75) is 37.4 Å². The Morgan fingerprint density at radius 1 is 1.36 bits per heavy atom. The van der Waals surface area contributed by atoms with E-state index in [-0.39, 0.29) is 12.0 Å². The molecule has 1 saturated heterocycles. The van der Waals surface area contributed by atoms with E-state index in [2.05, 4.69) is 18.7 Å². The zero-order chi connectivity index (χ0) is 15.3. The largest absolute Gasteiger partial charge is 0.497 e.